The summed E-state index contributed by atoms with van der Waals surface area (Å²) in [6.45, 7) is 3.23. The van der Waals surface area contributed by atoms with Crippen molar-refractivity contribution >= 4 is 28.3 Å². The Hall–Kier alpha value is -3.60. The summed E-state index contributed by atoms with van der Waals surface area (Å²) in [7, 11) is 0. The molecule has 0 aliphatic rings. The van der Waals surface area contributed by atoms with Crippen molar-refractivity contribution in [3.05, 3.63) is 57.5 Å². The molecule has 30 heavy (non-hydrogen) atoms. The number of carbonyl (C=O) groups excluding carboxylic acids is 2. The summed E-state index contributed by atoms with van der Waals surface area (Å²) in [5, 5.41) is 15.5. The van der Waals surface area contributed by atoms with Gasteiger partial charge in [0.05, 0.1) is 18.4 Å². The molecule has 3 rings (SSSR count). The second-order valence-electron chi connectivity index (χ2n) is 5.85. The van der Waals surface area contributed by atoms with Crippen LogP contribution in [0, 0.1) is 0 Å². The Bertz CT molecular complexity index is 1100. The van der Waals surface area contributed by atoms with Gasteiger partial charge in [0.2, 0.25) is 10.8 Å². The van der Waals surface area contributed by atoms with E-state index in [0.717, 1.165) is 15.8 Å². The highest BCUT2D eigenvalue weighted by Gasteiger charge is 2.21. The van der Waals surface area contributed by atoms with Gasteiger partial charge in [0, 0.05) is 0 Å². The molecular formula is C19H19N5O5S. The van der Waals surface area contributed by atoms with E-state index in [-0.39, 0.29) is 18.1 Å². The van der Waals surface area contributed by atoms with Gasteiger partial charge in [-0.25, -0.2) is 4.79 Å². The average Bonchev–Trinajstić information content (AvgIpc) is 3.20. The van der Waals surface area contributed by atoms with Gasteiger partial charge in [-0.3, -0.25) is 14.9 Å². The molecule has 2 aromatic heterocycles. The first kappa shape index (κ1) is 21.1. The minimum absolute atomic E-state index is 0.113. The highest BCUT2D eigenvalue weighted by atomic mass is 32.1. The molecule has 0 saturated carbocycles. The van der Waals surface area contributed by atoms with E-state index in [1.807, 2.05) is 6.92 Å². The quantitative estimate of drug-likeness (QED) is 0.538. The number of esters is 1. The summed E-state index contributed by atoms with van der Waals surface area (Å²) in [5.74, 6) is -1.43. The molecule has 0 aliphatic carbocycles. The number of benzene rings is 1. The largest absolute Gasteiger partial charge is 0.481 e. The van der Waals surface area contributed by atoms with Crippen molar-refractivity contribution in [3.63, 3.8) is 0 Å². The molecule has 0 unspecified atom stereocenters. The Morgan fingerprint density at radius 3 is 2.60 bits per heavy atom. The third-order valence-electron chi connectivity index (χ3n) is 3.74. The van der Waals surface area contributed by atoms with Crippen LogP contribution in [0.1, 0.15) is 29.3 Å². The van der Waals surface area contributed by atoms with Gasteiger partial charge < -0.3 is 9.47 Å². The van der Waals surface area contributed by atoms with E-state index >= 15 is 0 Å². The number of para-hydroxylation sites is 1. The van der Waals surface area contributed by atoms with Crippen LogP contribution in [0.15, 0.2) is 41.2 Å². The molecule has 10 nitrogen and oxygen atoms in total. The van der Waals surface area contributed by atoms with Crippen molar-refractivity contribution in [1.82, 2.24) is 20.0 Å². The lowest BCUT2D eigenvalue weighted by atomic mass is 10.3. The molecule has 3 aromatic rings. The summed E-state index contributed by atoms with van der Waals surface area (Å²) in [6.07, 6.45) is 0.705. The molecule has 0 radical (unpaired) electrons. The Balaban J connectivity index is 1.82. The van der Waals surface area contributed by atoms with Crippen LogP contribution < -0.4 is 15.6 Å². The summed E-state index contributed by atoms with van der Waals surface area (Å²) in [6, 6.07) is 9.70. The molecule has 1 N–H and O–H groups in total. The number of carbonyl (C=O) groups is 2. The zero-order valence-electron chi connectivity index (χ0n) is 16.3. The zero-order valence-corrected chi connectivity index (χ0v) is 17.1. The monoisotopic (exact) mass is 429 g/mol. The van der Waals surface area contributed by atoms with Gasteiger partial charge in [-0.15, -0.1) is 10.2 Å². The predicted molar refractivity (Wildman–Crippen MR) is 109 cm³/mol. The summed E-state index contributed by atoms with van der Waals surface area (Å²) >= 11 is 1.25. The van der Waals surface area contributed by atoms with Gasteiger partial charge in [0.25, 0.3) is 11.5 Å². The average molecular weight is 429 g/mol. The molecule has 11 heteroatoms. The van der Waals surface area contributed by atoms with Crippen molar-refractivity contribution in [2.24, 2.45) is 0 Å². The fraction of sp³-hybridized carbons (Fsp3) is 0.263. The molecule has 1 aromatic carbocycles. The number of hydrogen-bond donors (Lipinski definition) is 1. The standard InChI is InChI=1S/C19H19N5O5S/c1-3-15-21-22-19(30-15)20-14(25)11-29-13-10-16(26)24(12-8-6-5-7-9-12)23-17(13)18(27)28-4-2/h5-10H,3-4,11H2,1-2H3,(H,20,22,25). The SMILES string of the molecule is CCOC(=O)c1nn(-c2ccccc2)c(=O)cc1OCC(=O)Nc1nnc(CC)s1. The molecule has 1 amide bonds. The number of amides is 1. The molecule has 156 valence electrons. The fourth-order valence-corrected chi connectivity index (χ4v) is 3.09. The Kier molecular flexibility index (Phi) is 6.86. The fourth-order valence-electron chi connectivity index (χ4n) is 2.39. The molecule has 0 atom stereocenters. The second-order valence-corrected chi connectivity index (χ2v) is 6.92. The van der Waals surface area contributed by atoms with Gasteiger partial charge in [0.1, 0.15) is 5.01 Å². The van der Waals surface area contributed by atoms with Crippen molar-refractivity contribution in [1.29, 1.82) is 0 Å². The number of anilines is 1. The summed E-state index contributed by atoms with van der Waals surface area (Å²) in [5.41, 5.74) is -0.265. The predicted octanol–water partition coefficient (Wildman–Crippen LogP) is 1.84. The van der Waals surface area contributed by atoms with Gasteiger partial charge in [-0.2, -0.15) is 9.78 Å². The van der Waals surface area contributed by atoms with Crippen LogP contribution in [-0.4, -0.2) is 45.1 Å². The van der Waals surface area contributed by atoms with Crippen LogP contribution >= 0.6 is 11.3 Å². The lowest BCUT2D eigenvalue weighted by molar-refractivity contribution is -0.118. The number of aryl methyl sites for hydroxylation is 1. The van der Waals surface area contributed by atoms with Crippen LogP contribution in [0.4, 0.5) is 5.13 Å². The van der Waals surface area contributed by atoms with E-state index in [0.29, 0.717) is 17.2 Å². The molecule has 0 fully saturated rings. The third kappa shape index (κ3) is 5.06. The molecule has 0 spiro atoms. The lowest BCUT2D eigenvalue weighted by Gasteiger charge is -2.12. The molecule has 0 bridgehead atoms. The number of hydrogen-bond acceptors (Lipinski definition) is 9. The molecule has 0 saturated heterocycles. The number of ether oxygens (including phenoxy) is 2. The first-order chi connectivity index (χ1) is 14.5. The minimum Gasteiger partial charge on any atom is -0.481 e. The van der Waals surface area contributed by atoms with Crippen LogP contribution in [-0.2, 0) is 16.0 Å². The minimum atomic E-state index is -0.769. The van der Waals surface area contributed by atoms with Crippen LogP contribution in [0.25, 0.3) is 5.69 Å². The second kappa shape index (κ2) is 9.74. The first-order valence-corrected chi connectivity index (χ1v) is 9.95. The molecular weight excluding hydrogens is 410 g/mol. The third-order valence-corrected chi connectivity index (χ3v) is 4.72. The maximum absolute atomic E-state index is 12.5. The van der Waals surface area contributed by atoms with Gasteiger partial charge in [-0.05, 0) is 25.5 Å². The summed E-state index contributed by atoms with van der Waals surface area (Å²) < 4.78 is 11.5. The van der Waals surface area contributed by atoms with Crippen molar-refractivity contribution in [3.8, 4) is 11.4 Å². The zero-order chi connectivity index (χ0) is 21.5. The van der Waals surface area contributed by atoms with E-state index in [1.54, 1.807) is 37.3 Å². The molecule has 0 aliphatic heterocycles. The van der Waals surface area contributed by atoms with Gasteiger partial charge in [-0.1, -0.05) is 36.5 Å². The number of nitrogens with zero attached hydrogens (tertiary/aromatic N) is 4. The number of nitrogens with one attached hydrogen (secondary N) is 1. The topological polar surface area (TPSA) is 125 Å². The van der Waals surface area contributed by atoms with Gasteiger partial charge in [0.15, 0.2) is 12.4 Å². The van der Waals surface area contributed by atoms with Gasteiger partial charge >= 0.3 is 5.97 Å². The van der Waals surface area contributed by atoms with E-state index in [1.165, 1.54) is 11.3 Å². The van der Waals surface area contributed by atoms with Crippen molar-refractivity contribution in [2.75, 3.05) is 18.5 Å². The maximum Gasteiger partial charge on any atom is 0.362 e. The van der Waals surface area contributed by atoms with Crippen LogP contribution in [0.2, 0.25) is 0 Å². The Morgan fingerprint density at radius 1 is 1.17 bits per heavy atom. The van der Waals surface area contributed by atoms with E-state index in [4.69, 9.17) is 9.47 Å². The highest BCUT2D eigenvalue weighted by Crippen LogP contribution is 2.18. The first-order valence-electron chi connectivity index (χ1n) is 9.13. The van der Waals surface area contributed by atoms with Crippen LogP contribution in [0.3, 0.4) is 0 Å². The Labute approximate surface area is 175 Å². The normalized spacial score (nSPS) is 10.5. The maximum atomic E-state index is 12.5. The Morgan fingerprint density at radius 2 is 1.93 bits per heavy atom. The van der Waals surface area contributed by atoms with Crippen LogP contribution in [0.5, 0.6) is 5.75 Å². The lowest BCUT2D eigenvalue weighted by Crippen LogP contribution is -2.27. The smallest absolute Gasteiger partial charge is 0.362 e. The van der Waals surface area contributed by atoms with Crippen molar-refractivity contribution < 1.29 is 19.1 Å². The van der Waals surface area contributed by atoms with E-state index in [2.05, 4.69) is 20.6 Å². The summed E-state index contributed by atoms with van der Waals surface area (Å²) in [4.78, 5) is 37.0. The molecule has 2 heterocycles. The highest BCUT2D eigenvalue weighted by molar-refractivity contribution is 7.15. The number of rotatable bonds is 8. The van der Waals surface area contributed by atoms with Crippen molar-refractivity contribution in [2.45, 2.75) is 20.3 Å². The number of aromatic nitrogens is 4. The van der Waals surface area contributed by atoms with E-state index < -0.39 is 24.0 Å². The van der Waals surface area contributed by atoms with E-state index in [9.17, 15) is 14.4 Å².